The second-order valence-corrected chi connectivity index (χ2v) is 8.53. The van der Waals surface area contributed by atoms with Crippen molar-refractivity contribution in [3.63, 3.8) is 0 Å². The molecular formula is C24H28N6O2. The SMILES string of the molecule is CCn1cc(CN2C[C@@H](c3cccnc3)[C@@]3(C2)OCCN(Cc2ccncc2)C3=O)cn1. The Morgan fingerprint density at radius 2 is 1.97 bits per heavy atom. The van der Waals surface area contributed by atoms with Gasteiger partial charge in [-0.1, -0.05) is 6.07 Å². The summed E-state index contributed by atoms with van der Waals surface area (Å²) in [5.41, 5.74) is 2.35. The number of aryl methyl sites for hydroxylation is 1. The fourth-order valence-corrected chi connectivity index (χ4v) is 4.90. The third-order valence-corrected chi connectivity index (χ3v) is 6.46. The van der Waals surface area contributed by atoms with Crippen molar-refractivity contribution < 1.29 is 9.53 Å². The number of hydrogen-bond acceptors (Lipinski definition) is 6. The normalized spacial score (nSPS) is 23.8. The monoisotopic (exact) mass is 432 g/mol. The Hall–Kier alpha value is -3.10. The third-order valence-electron chi connectivity index (χ3n) is 6.46. The van der Waals surface area contributed by atoms with Crippen LogP contribution in [0.4, 0.5) is 0 Å². The minimum Gasteiger partial charge on any atom is -0.361 e. The van der Waals surface area contributed by atoms with E-state index in [1.54, 1.807) is 18.6 Å². The van der Waals surface area contributed by atoms with E-state index in [1.807, 2.05) is 40.2 Å². The molecule has 8 heteroatoms. The van der Waals surface area contributed by atoms with Gasteiger partial charge in [-0.15, -0.1) is 0 Å². The van der Waals surface area contributed by atoms with Gasteiger partial charge in [0.15, 0.2) is 5.60 Å². The Kier molecular flexibility index (Phi) is 5.71. The minimum absolute atomic E-state index is 0.0566. The Balaban J connectivity index is 1.43. The Morgan fingerprint density at radius 3 is 2.72 bits per heavy atom. The second kappa shape index (κ2) is 8.80. The number of amides is 1. The number of nitrogens with zero attached hydrogens (tertiary/aromatic N) is 6. The van der Waals surface area contributed by atoms with Crippen LogP contribution < -0.4 is 0 Å². The van der Waals surface area contributed by atoms with Crippen molar-refractivity contribution >= 4 is 5.91 Å². The zero-order valence-electron chi connectivity index (χ0n) is 18.3. The minimum atomic E-state index is -0.908. The van der Waals surface area contributed by atoms with Gasteiger partial charge in [-0.3, -0.25) is 24.3 Å². The van der Waals surface area contributed by atoms with E-state index < -0.39 is 5.60 Å². The van der Waals surface area contributed by atoms with Gasteiger partial charge in [0.25, 0.3) is 5.91 Å². The molecule has 0 aromatic carbocycles. The molecule has 2 saturated heterocycles. The topological polar surface area (TPSA) is 76.4 Å². The lowest BCUT2D eigenvalue weighted by atomic mass is 9.83. The molecule has 3 aromatic rings. The van der Waals surface area contributed by atoms with Gasteiger partial charge in [-0.05, 0) is 36.2 Å². The summed E-state index contributed by atoms with van der Waals surface area (Å²) < 4.78 is 8.30. The molecule has 0 aliphatic carbocycles. The highest BCUT2D eigenvalue weighted by atomic mass is 16.5. The van der Waals surface area contributed by atoms with Crippen molar-refractivity contribution in [1.29, 1.82) is 0 Å². The zero-order chi connectivity index (χ0) is 22.0. The first-order valence-corrected chi connectivity index (χ1v) is 11.1. The molecule has 0 saturated carbocycles. The van der Waals surface area contributed by atoms with Crippen LogP contribution in [0.1, 0.15) is 29.5 Å². The fraction of sp³-hybridized carbons (Fsp3) is 0.417. The maximum Gasteiger partial charge on any atom is 0.257 e. The van der Waals surface area contributed by atoms with E-state index in [0.29, 0.717) is 26.2 Å². The Bertz CT molecular complexity index is 1060. The van der Waals surface area contributed by atoms with Crippen molar-refractivity contribution in [2.45, 2.75) is 38.1 Å². The lowest BCUT2D eigenvalue weighted by molar-refractivity contribution is -0.173. The predicted octanol–water partition coefficient (Wildman–Crippen LogP) is 2.09. The van der Waals surface area contributed by atoms with Crippen molar-refractivity contribution in [2.24, 2.45) is 0 Å². The summed E-state index contributed by atoms with van der Waals surface area (Å²) in [7, 11) is 0. The molecule has 1 amide bonds. The molecule has 1 spiro atoms. The molecule has 2 aliphatic heterocycles. The van der Waals surface area contributed by atoms with Gasteiger partial charge in [0, 0.05) is 81.7 Å². The van der Waals surface area contributed by atoms with Gasteiger partial charge in [-0.2, -0.15) is 5.10 Å². The van der Waals surface area contributed by atoms with E-state index in [-0.39, 0.29) is 11.8 Å². The molecule has 5 rings (SSSR count). The molecule has 2 fully saturated rings. The lowest BCUT2D eigenvalue weighted by Gasteiger charge is -2.42. The lowest BCUT2D eigenvalue weighted by Crippen LogP contribution is -2.59. The average molecular weight is 433 g/mol. The van der Waals surface area contributed by atoms with Crippen LogP contribution in [0.5, 0.6) is 0 Å². The average Bonchev–Trinajstić information content (AvgIpc) is 3.43. The van der Waals surface area contributed by atoms with Gasteiger partial charge >= 0.3 is 0 Å². The number of morpholine rings is 1. The zero-order valence-corrected chi connectivity index (χ0v) is 18.3. The number of carbonyl (C=O) groups is 1. The molecule has 5 heterocycles. The quantitative estimate of drug-likeness (QED) is 0.594. The first-order valence-electron chi connectivity index (χ1n) is 11.1. The number of likely N-dealkylation sites (tertiary alicyclic amines) is 1. The van der Waals surface area contributed by atoms with Crippen LogP contribution in [0.2, 0.25) is 0 Å². The molecule has 0 radical (unpaired) electrons. The summed E-state index contributed by atoms with van der Waals surface area (Å²) >= 11 is 0. The van der Waals surface area contributed by atoms with Crippen LogP contribution in [0.25, 0.3) is 0 Å². The molecule has 8 nitrogen and oxygen atoms in total. The van der Waals surface area contributed by atoms with Crippen molar-refractivity contribution in [1.82, 2.24) is 29.5 Å². The number of pyridine rings is 2. The molecule has 3 aromatic heterocycles. The Morgan fingerprint density at radius 1 is 1.09 bits per heavy atom. The molecule has 166 valence electrons. The first kappa shape index (κ1) is 20.8. The second-order valence-electron chi connectivity index (χ2n) is 8.53. The molecule has 0 unspecified atom stereocenters. The number of carbonyl (C=O) groups excluding carboxylic acids is 1. The smallest absolute Gasteiger partial charge is 0.257 e. The van der Waals surface area contributed by atoms with Gasteiger partial charge in [0.2, 0.25) is 0 Å². The standard InChI is InChI=1S/C24H28N6O2/c1-2-30-16-20(12-27-30)14-28-17-22(21-4-3-7-26-13-21)24(18-28)23(31)29(10-11-32-24)15-19-5-8-25-9-6-19/h3-9,12-13,16,22H,2,10-11,14-15,17-18H2,1H3/t22-,24+/m0/s1. The molecule has 32 heavy (non-hydrogen) atoms. The summed E-state index contributed by atoms with van der Waals surface area (Å²) in [5, 5.41) is 4.40. The molecule has 0 bridgehead atoms. The largest absolute Gasteiger partial charge is 0.361 e. The molecular weight excluding hydrogens is 404 g/mol. The van der Waals surface area contributed by atoms with Crippen LogP contribution in [0, 0.1) is 0 Å². The summed E-state index contributed by atoms with van der Waals surface area (Å²) in [4.78, 5) is 26.6. The van der Waals surface area contributed by atoms with Crippen LogP contribution in [0.3, 0.4) is 0 Å². The predicted molar refractivity (Wildman–Crippen MR) is 118 cm³/mol. The first-order chi connectivity index (χ1) is 15.7. The van der Waals surface area contributed by atoms with E-state index in [4.69, 9.17) is 4.74 Å². The highest BCUT2D eigenvalue weighted by molar-refractivity contribution is 5.88. The van der Waals surface area contributed by atoms with Crippen molar-refractivity contribution in [3.8, 4) is 0 Å². The van der Waals surface area contributed by atoms with E-state index in [0.717, 1.165) is 36.3 Å². The fourth-order valence-electron chi connectivity index (χ4n) is 4.90. The summed E-state index contributed by atoms with van der Waals surface area (Å²) in [6, 6.07) is 7.90. The molecule has 2 atom stereocenters. The summed E-state index contributed by atoms with van der Waals surface area (Å²) in [5.74, 6) is -0.0219. The van der Waals surface area contributed by atoms with Crippen LogP contribution in [-0.4, -0.2) is 67.3 Å². The highest BCUT2D eigenvalue weighted by Crippen LogP contribution is 2.42. The van der Waals surface area contributed by atoms with Crippen LogP contribution >= 0.6 is 0 Å². The van der Waals surface area contributed by atoms with Gasteiger partial charge in [0.1, 0.15) is 0 Å². The summed E-state index contributed by atoms with van der Waals surface area (Å²) in [6.45, 7) is 6.61. The Labute approximate surface area is 187 Å². The van der Waals surface area contributed by atoms with Gasteiger partial charge in [0.05, 0.1) is 12.8 Å². The molecule has 2 aliphatic rings. The number of hydrogen-bond donors (Lipinski definition) is 0. The maximum absolute atomic E-state index is 13.9. The van der Waals surface area contributed by atoms with Gasteiger partial charge in [-0.25, -0.2) is 0 Å². The highest BCUT2D eigenvalue weighted by Gasteiger charge is 2.57. The third kappa shape index (κ3) is 3.91. The number of aromatic nitrogens is 4. The summed E-state index contributed by atoms with van der Waals surface area (Å²) in [6.07, 6.45) is 11.1. The van der Waals surface area contributed by atoms with Crippen LogP contribution in [0.15, 0.2) is 61.4 Å². The van der Waals surface area contributed by atoms with Crippen LogP contribution in [-0.2, 0) is 29.2 Å². The van der Waals surface area contributed by atoms with Gasteiger partial charge < -0.3 is 9.64 Å². The van der Waals surface area contributed by atoms with E-state index in [1.165, 1.54) is 0 Å². The van der Waals surface area contributed by atoms with E-state index in [2.05, 4.69) is 39.2 Å². The van der Waals surface area contributed by atoms with Crippen molar-refractivity contribution in [3.05, 3.63) is 78.1 Å². The maximum atomic E-state index is 13.9. The van der Waals surface area contributed by atoms with Crippen molar-refractivity contribution in [2.75, 3.05) is 26.2 Å². The number of ether oxygens (including phenoxy) is 1. The molecule has 0 N–H and O–H groups in total. The number of rotatable bonds is 6. The van der Waals surface area contributed by atoms with E-state index >= 15 is 0 Å². The van der Waals surface area contributed by atoms with E-state index in [9.17, 15) is 4.79 Å².